The predicted octanol–water partition coefficient (Wildman–Crippen LogP) is 4.51. The van der Waals surface area contributed by atoms with Crippen LogP contribution in [0, 0.1) is 0 Å². The summed E-state index contributed by atoms with van der Waals surface area (Å²) in [4.78, 5) is 11.5. The van der Waals surface area contributed by atoms with Gasteiger partial charge in [0, 0.05) is 6.61 Å². The summed E-state index contributed by atoms with van der Waals surface area (Å²) in [5.41, 5.74) is 0. The minimum absolute atomic E-state index is 0.183. The second kappa shape index (κ2) is 9.13. The number of carbonyl (C=O) groups excluding carboxylic acids is 1. The molecule has 0 aromatic heterocycles. The third-order valence-electron chi connectivity index (χ3n) is 2.93. The molecule has 114 valence electrons. The molecule has 0 atom stereocenters. The highest BCUT2D eigenvalue weighted by Gasteiger charge is 2.25. The number of unbranched alkanes of at least 4 members (excludes halogenated alkanes) is 3. The lowest BCUT2D eigenvalue weighted by Crippen LogP contribution is -2.29. The monoisotopic (exact) mass is 352 g/mol. The van der Waals surface area contributed by atoms with Gasteiger partial charge in [-0.05, 0) is 46.3 Å². The van der Waals surface area contributed by atoms with Gasteiger partial charge in [0.1, 0.15) is 4.32 Å². The fourth-order valence-corrected chi connectivity index (χ4v) is 3.95. The molecule has 0 fully saturated rings. The standard InChI is InChI=1S/C14H29BrO3Si/c1-6-18-19(4,5)12-10-8-7-9-11-17-13(16)14(2,3)15/h6-12H2,1-5H3. The Hall–Kier alpha value is 0.127. The van der Waals surface area contributed by atoms with Crippen LogP contribution in [0.2, 0.25) is 19.1 Å². The van der Waals surface area contributed by atoms with Gasteiger partial charge in [0.05, 0.1) is 6.61 Å². The fourth-order valence-electron chi connectivity index (χ4n) is 1.81. The van der Waals surface area contributed by atoms with Crippen molar-refractivity contribution in [2.45, 2.75) is 69.9 Å². The average Bonchev–Trinajstić information content (AvgIpc) is 2.25. The van der Waals surface area contributed by atoms with Gasteiger partial charge in [0.15, 0.2) is 8.32 Å². The van der Waals surface area contributed by atoms with Gasteiger partial charge in [-0.1, -0.05) is 35.2 Å². The Labute approximate surface area is 127 Å². The molecule has 0 rings (SSSR count). The number of halogens is 1. The lowest BCUT2D eigenvalue weighted by atomic mass is 10.2. The van der Waals surface area contributed by atoms with E-state index < -0.39 is 12.6 Å². The molecule has 0 aliphatic carbocycles. The first-order chi connectivity index (χ1) is 8.69. The molecule has 5 heteroatoms. The zero-order valence-electron chi connectivity index (χ0n) is 13.1. The lowest BCUT2D eigenvalue weighted by Gasteiger charge is -2.21. The summed E-state index contributed by atoms with van der Waals surface area (Å²) in [6.45, 7) is 11.6. The van der Waals surface area contributed by atoms with E-state index in [1.807, 2.05) is 0 Å². The number of esters is 1. The number of carbonyl (C=O) groups is 1. The molecule has 19 heavy (non-hydrogen) atoms. The maximum Gasteiger partial charge on any atom is 0.322 e. The summed E-state index contributed by atoms with van der Waals surface area (Å²) in [5, 5.41) is 0. The van der Waals surface area contributed by atoms with Crippen LogP contribution in [-0.4, -0.2) is 31.8 Å². The van der Waals surface area contributed by atoms with Crippen molar-refractivity contribution in [1.82, 2.24) is 0 Å². The first-order valence-corrected chi connectivity index (χ1v) is 11.1. The van der Waals surface area contributed by atoms with Gasteiger partial charge in [-0.25, -0.2) is 0 Å². The third-order valence-corrected chi connectivity index (χ3v) is 5.88. The maximum absolute atomic E-state index is 11.5. The van der Waals surface area contributed by atoms with E-state index in [4.69, 9.17) is 9.16 Å². The number of hydrogen-bond donors (Lipinski definition) is 0. The van der Waals surface area contributed by atoms with Gasteiger partial charge in [0.2, 0.25) is 0 Å². The summed E-state index contributed by atoms with van der Waals surface area (Å²) >= 11 is 3.29. The van der Waals surface area contributed by atoms with Crippen molar-refractivity contribution < 1.29 is 14.0 Å². The number of rotatable bonds is 10. The Kier molecular flexibility index (Phi) is 9.20. The topological polar surface area (TPSA) is 35.5 Å². The van der Waals surface area contributed by atoms with E-state index in [2.05, 4.69) is 35.9 Å². The summed E-state index contributed by atoms with van der Waals surface area (Å²) in [7, 11) is -1.41. The van der Waals surface area contributed by atoms with Gasteiger partial charge in [-0.15, -0.1) is 0 Å². The third kappa shape index (κ3) is 10.6. The highest BCUT2D eigenvalue weighted by Crippen LogP contribution is 2.18. The lowest BCUT2D eigenvalue weighted by molar-refractivity contribution is -0.145. The summed E-state index contributed by atoms with van der Waals surface area (Å²) in [5.74, 6) is -0.183. The normalized spacial score (nSPS) is 12.5. The minimum atomic E-state index is -1.41. The van der Waals surface area contributed by atoms with Crippen LogP contribution in [0.1, 0.15) is 46.5 Å². The summed E-state index contributed by atoms with van der Waals surface area (Å²) in [6, 6.07) is 1.22. The Balaban J connectivity index is 3.49. The van der Waals surface area contributed by atoms with Gasteiger partial charge < -0.3 is 9.16 Å². The zero-order valence-corrected chi connectivity index (χ0v) is 15.6. The Morgan fingerprint density at radius 2 is 1.74 bits per heavy atom. The van der Waals surface area contributed by atoms with E-state index in [9.17, 15) is 4.79 Å². The molecule has 0 aliphatic heterocycles. The Morgan fingerprint density at radius 3 is 2.26 bits per heavy atom. The first-order valence-electron chi connectivity index (χ1n) is 7.19. The molecule has 0 radical (unpaired) electrons. The molecule has 0 aliphatic rings. The van der Waals surface area contributed by atoms with Crippen LogP contribution in [0.3, 0.4) is 0 Å². The van der Waals surface area contributed by atoms with Crippen molar-refractivity contribution in [2.24, 2.45) is 0 Å². The maximum atomic E-state index is 11.5. The Bertz CT molecular complexity index is 262. The number of alkyl halides is 1. The average molecular weight is 353 g/mol. The van der Waals surface area contributed by atoms with E-state index in [1.165, 1.54) is 18.9 Å². The predicted molar refractivity (Wildman–Crippen MR) is 86.3 cm³/mol. The molecule has 0 spiro atoms. The van der Waals surface area contributed by atoms with Crippen LogP contribution in [0.15, 0.2) is 0 Å². The van der Waals surface area contributed by atoms with Gasteiger partial charge in [-0.3, -0.25) is 4.79 Å². The molecule has 0 aromatic rings. The highest BCUT2D eigenvalue weighted by molar-refractivity contribution is 9.10. The minimum Gasteiger partial charge on any atom is -0.465 e. The van der Waals surface area contributed by atoms with Crippen molar-refractivity contribution >= 4 is 30.2 Å². The smallest absolute Gasteiger partial charge is 0.322 e. The van der Waals surface area contributed by atoms with Crippen LogP contribution in [0.25, 0.3) is 0 Å². The molecule has 0 unspecified atom stereocenters. The van der Waals surface area contributed by atoms with Crippen LogP contribution < -0.4 is 0 Å². The fraction of sp³-hybridized carbons (Fsp3) is 0.929. The molecule has 0 aromatic carbocycles. The van der Waals surface area contributed by atoms with Crippen LogP contribution >= 0.6 is 15.9 Å². The van der Waals surface area contributed by atoms with Crippen molar-refractivity contribution in [3.05, 3.63) is 0 Å². The van der Waals surface area contributed by atoms with E-state index in [0.717, 1.165) is 19.4 Å². The molecule has 0 N–H and O–H groups in total. The molecule has 3 nitrogen and oxygen atoms in total. The van der Waals surface area contributed by atoms with Gasteiger partial charge >= 0.3 is 5.97 Å². The molecule has 0 amide bonds. The molecule has 0 bridgehead atoms. The quantitative estimate of drug-likeness (QED) is 0.251. The van der Waals surface area contributed by atoms with Gasteiger partial charge in [-0.2, -0.15) is 0 Å². The first kappa shape index (κ1) is 19.1. The van der Waals surface area contributed by atoms with Crippen molar-refractivity contribution in [3.63, 3.8) is 0 Å². The van der Waals surface area contributed by atoms with E-state index >= 15 is 0 Å². The molecule has 0 saturated carbocycles. The van der Waals surface area contributed by atoms with Crippen molar-refractivity contribution in [1.29, 1.82) is 0 Å². The molecule has 0 heterocycles. The van der Waals surface area contributed by atoms with Gasteiger partial charge in [0.25, 0.3) is 0 Å². The van der Waals surface area contributed by atoms with Crippen LogP contribution in [0.5, 0.6) is 0 Å². The molecule has 0 saturated heterocycles. The number of hydrogen-bond acceptors (Lipinski definition) is 3. The summed E-state index contributed by atoms with van der Waals surface area (Å²) < 4.78 is 10.4. The van der Waals surface area contributed by atoms with E-state index in [0.29, 0.717) is 6.61 Å². The largest absolute Gasteiger partial charge is 0.465 e. The second-order valence-corrected chi connectivity index (χ2v) is 12.3. The second-order valence-electron chi connectivity index (χ2n) is 5.97. The molecular formula is C14H29BrO3Si. The van der Waals surface area contributed by atoms with Crippen LogP contribution in [0.4, 0.5) is 0 Å². The van der Waals surface area contributed by atoms with Crippen molar-refractivity contribution in [3.8, 4) is 0 Å². The van der Waals surface area contributed by atoms with E-state index in [-0.39, 0.29) is 5.97 Å². The zero-order chi connectivity index (χ0) is 14.9. The van der Waals surface area contributed by atoms with E-state index in [1.54, 1.807) is 13.8 Å². The van der Waals surface area contributed by atoms with Crippen molar-refractivity contribution in [2.75, 3.05) is 13.2 Å². The summed E-state index contributed by atoms with van der Waals surface area (Å²) in [6.07, 6.45) is 4.48. The number of ether oxygens (including phenoxy) is 1. The molecular weight excluding hydrogens is 324 g/mol. The highest BCUT2D eigenvalue weighted by atomic mass is 79.9. The van der Waals surface area contributed by atoms with Crippen LogP contribution in [-0.2, 0) is 14.0 Å². The Morgan fingerprint density at radius 1 is 1.16 bits per heavy atom. The SMILES string of the molecule is CCO[Si](C)(C)CCCCCCOC(=O)C(C)(C)Br.